The molecule has 20 heavy (non-hydrogen) atoms. The van der Waals surface area contributed by atoms with Crippen molar-refractivity contribution in [1.29, 1.82) is 0 Å². The fourth-order valence-electron chi connectivity index (χ4n) is 1.41. The van der Waals surface area contributed by atoms with Crippen molar-refractivity contribution < 1.29 is 14.3 Å². The van der Waals surface area contributed by atoms with Gasteiger partial charge < -0.3 is 20.7 Å². The smallest absolute Gasteiger partial charge is 0.319 e. The largest absolute Gasteiger partial charge is 0.383 e. The van der Waals surface area contributed by atoms with E-state index in [0.29, 0.717) is 30.9 Å². The van der Waals surface area contributed by atoms with Gasteiger partial charge in [0.25, 0.3) is 5.91 Å². The molecule has 6 nitrogen and oxygen atoms in total. The van der Waals surface area contributed by atoms with Crippen LogP contribution in [0.5, 0.6) is 0 Å². The predicted octanol–water partition coefficient (Wildman–Crippen LogP) is 1.37. The monoisotopic (exact) mass is 277 g/mol. The first-order chi connectivity index (χ1) is 9.67. The summed E-state index contributed by atoms with van der Waals surface area (Å²) in [6.07, 6.45) is 1.61. The third-order valence-corrected chi connectivity index (χ3v) is 2.40. The Labute approximate surface area is 118 Å². The zero-order valence-electron chi connectivity index (χ0n) is 11.4. The van der Waals surface area contributed by atoms with Crippen molar-refractivity contribution in [3.63, 3.8) is 0 Å². The number of rotatable bonds is 7. The number of hydrogen-bond donors (Lipinski definition) is 3. The van der Waals surface area contributed by atoms with E-state index in [0.717, 1.165) is 0 Å². The SMILES string of the molecule is C=CCNC(=O)c1ccc(NC(=O)NCCOC)cc1. The topological polar surface area (TPSA) is 79.5 Å². The van der Waals surface area contributed by atoms with Gasteiger partial charge in [0, 0.05) is 31.5 Å². The van der Waals surface area contributed by atoms with Crippen LogP contribution in [0.4, 0.5) is 10.5 Å². The molecule has 0 bridgehead atoms. The summed E-state index contributed by atoms with van der Waals surface area (Å²) >= 11 is 0. The molecule has 0 aliphatic rings. The van der Waals surface area contributed by atoms with Crippen LogP contribution in [-0.2, 0) is 4.74 Å². The molecular weight excluding hydrogens is 258 g/mol. The molecule has 0 saturated heterocycles. The van der Waals surface area contributed by atoms with E-state index >= 15 is 0 Å². The number of urea groups is 1. The number of carbonyl (C=O) groups is 2. The average Bonchev–Trinajstić information content (AvgIpc) is 2.46. The molecule has 0 heterocycles. The molecular formula is C14H19N3O3. The van der Waals surface area contributed by atoms with Gasteiger partial charge in [0.05, 0.1) is 6.61 Å². The van der Waals surface area contributed by atoms with Crippen LogP contribution in [0, 0.1) is 0 Å². The highest BCUT2D eigenvalue weighted by atomic mass is 16.5. The van der Waals surface area contributed by atoms with Crippen LogP contribution < -0.4 is 16.0 Å². The summed E-state index contributed by atoms with van der Waals surface area (Å²) in [5.41, 5.74) is 1.14. The summed E-state index contributed by atoms with van der Waals surface area (Å²) < 4.78 is 4.82. The van der Waals surface area contributed by atoms with Gasteiger partial charge >= 0.3 is 6.03 Å². The van der Waals surface area contributed by atoms with E-state index in [9.17, 15) is 9.59 Å². The van der Waals surface area contributed by atoms with Crippen molar-refractivity contribution in [2.24, 2.45) is 0 Å². The number of carbonyl (C=O) groups excluding carboxylic acids is 2. The first kappa shape index (κ1) is 15.7. The number of nitrogens with one attached hydrogen (secondary N) is 3. The highest BCUT2D eigenvalue weighted by molar-refractivity contribution is 5.95. The average molecular weight is 277 g/mol. The molecule has 1 rings (SSSR count). The predicted molar refractivity (Wildman–Crippen MR) is 77.9 cm³/mol. The van der Waals surface area contributed by atoms with Gasteiger partial charge in [-0.15, -0.1) is 6.58 Å². The Balaban J connectivity index is 2.47. The molecule has 0 unspecified atom stereocenters. The number of benzene rings is 1. The quantitative estimate of drug-likeness (QED) is 0.520. The van der Waals surface area contributed by atoms with Crippen LogP contribution in [0.2, 0.25) is 0 Å². The van der Waals surface area contributed by atoms with Gasteiger partial charge in [-0.1, -0.05) is 6.08 Å². The molecule has 108 valence electrons. The lowest BCUT2D eigenvalue weighted by Crippen LogP contribution is -2.31. The molecule has 3 amide bonds. The molecule has 0 radical (unpaired) electrons. The fourth-order valence-corrected chi connectivity index (χ4v) is 1.41. The molecule has 0 saturated carbocycles. The minimum absolute atomic E-state index is 0.180. The minimum atomic E-state index is -0.314. The van der Waals surface area contributed by atoms with Gasteiger partial charge in [0.2, 0.25) is 0 Å². The van der Waals surface area contributed by atoms with E-state index in [-0.39, 0.29) is 11.9 Å². The van der Waals surface area contributed by atoms with Gasteiger partial charge in [0.15, 0.2) is 0 Å². The summed E-state index contributed by atoms with van der Waals surface area (Å²) in [5, 5.41) is 7.96. The summed E-state index contributed by atoms with van der Waals surface area (Å²) in [6, 6.07) is 6.30. The molecule has 0 fully saturated rings. The van der Waals surface area contributed by atoms with Crippen molar-refractivity contribution in [2.75, 3.05) is 32.1 Å². The number of amides is 3. The normalized spacial score (nSPS) is 9.65. The number of anilines is 1. The number of hydrogen-bond acceptors (Lipinski definition) is 3. The van der Waals surface area contributed by atoms with Crippen LogP contribution in [0.3, 0.4) is 0 Å². The molecule has 6 heteroatoms. The van der Waals surface area contributed by atoms with Crippen LogP contribution in [0.1, 0.15) is 10.4 Å². The molecule has 3 N–H and O–H groups in total. The van der Waals surface area contributed by atoms with E-state index in [1.165, 1.54) is 0 Å². The Hall–Kier alpha value is -2.34. The van der Waals surface area contributed by atoms with Gasteiger partial charge in [0.1, 0.15) is 0 Å². The molecule has 0 aliphatic carbocycles. The zero-order chi connectivity index (χ0) is 14.8. The first-order valence-electron chi connectivity index (χ1n) is 6.20. The summed E-state index contributed by atoms with van der Waals surface area (Å²) in [5.74, 6) is -0.180. The van der Waals surface area contributed by atoms with E-state index in [2.05, 4.69) is 22.5 Å². The van der Waals surface area contributed by atoms with Gasteiger partial charge in [-0.2, -0.15) is 0 Å². The van der Waals surface area contributed by atoms with Crippen molar-refractivity contribution in [2.45, 2.75) is 0 Å². The maximum atomic E-state index is 11.6. The molecule has 0 spiro atoms. The fraction of sp³-hybridized carbons (Fsp3) is 0.286. The third kappa shape index (κ3) is 5.53. The van der Waals surface area contributed by atoms with Crippen molar-refractivity contribution in [3.8, 4) is 0 Å². The van der Waals surface area contributed by atoms with Crippen molar-refractivity contribution in [3.05, 3.63) is 42.5 Å². The van der Waals surface area contributed by atoms with E-state index in [1.807, 2.05) is 0 Å². The highest BCUT2D eigenvalue weighted by Crippen LogP contribution is 2.09. The maximum Gasteiger partial charge on any atom is 0.319 e. The van der Waals surface area contributed by atoms with Crippen LogP contribution in [0.25, 0.3) is 0 Å². The molecule has 0 atom stereocenters. The van der Waals surface area contributed by atoms with E-state index in [4.69, 9.17) is 4.74 Å². The summed E-state index contributed by atoms with van der Waals surface area (Å²) in [6.45, 7) is 4.83. The molecule has 0 aliphatic heterocycles. The Kier molecular flexibility index (Phi) is 6.84. The number of ether oxygens (including phenoxy) is 1. The lowest BCUT2D eigenvalue weighted by atomic mass is 10.2. The molecule has 1 aromatic rings. The van der Waals surface area contributed by atoms with Crippen molar-refractivity contribution >= 4 is 17.6 Å². The van der Waals surface area contributed by atoms with Crippen molar-refractivity contribution in [1.82, 2.24) is 10.6 Å². The Morgan fingerprint density at radius 1 is 1.25 bits per heavy atom. The Morgan fingerprint density at radius 2 is 1.95 bits per heavy atom. The molecule has 0 aromatic heterocycles. The Morgan fingerprint density at radius 3 is 2.55 bits per heavy atom. The lowest BCUT2D eigenvalue weighted by Gasteiger charge is -2.08. The zero-order valence-corrected chi connectivity index (χ0v) is 11.4. The standard InChI is InChI=1S/C14H19N3O3/c1-3-8-15-13(18)11-4-6-12(7-5-11)17-14(19)16-9-10-20-2/h3-7H,1,8-10H2,2H3,(H,15,18)(H2,16,17,19). The van der Waals surface area contributed by atoms with E-state index in [1.54, 1.807) is 37.5 Å². The van der Waals surface area contributed by atoms with Crippen LogP contribution in [-0.4, -0.2) is 38.7 Å². The van der Waals surface area contributed by atoms with Gasteiger partial charge in [-0.25, -0.2) is 4.79 Å². The number of methoxy groups -OCH3 is 1. The second-order valence-electron chi connectivity index (χ2n) is 3.95. The van der Waals surface area contributed by atoms with Gasteiger partial charge in [-0.3, -0.25) is 4.79 Å². The summed E-state index contributed by atoms with van der Waals surface area (Å²) in [7, 11) is 1.57. The van der Waals surface area contributed by atoms with Crippen LogP contribution in [0.15, 0.2) is 36.9 Å². The molecule has 1 aromatic carbocycles. The maximum absolute atomic E-state index is 11.6. The first-order valence-corrected chi connectivity index (χ1v) is 6.20. The summed E-state index contributed by atoms with van der Waals surface area (Å²) in [4.78, 5) is 23.1. The second kappa shape index (κ2) is 8.71. The minimum Gasteiger partial charge on any atom is -0.383 e. The van der Waals surface area contributed by atoms with E-state index < -0.39 is 0 Å². The lowest BCUT2D eigenvalue weighted by molar-refractivity contribution is 0.0958. The second-order valence-corrected chi connectivity index (χ2v) is 3.95. The van der Waals surface area contributed by atoms with Gasteiger partial charge in [-0.05, 0) is 24.3 Å². The highest BCUT2D eigenvalue weighted by Gasteiger charge is 2.05. The van der Waals surface area contributed by atoms with Crippen LogP contribution >= 0.6 is 0 Å². The Bertz CT molecular complexity index is 457. The third-order valence-electron chi connectivity index (χ3n) is 2.40.